The van der Waals surface area contributed by atoms with E-state index in [0.29, 0.717) is 29.7 Å². The number of amidine groups is 1. The number of hydrogen-bond acceptors (Lipinski definition) is 7. The lowest BCUT2D eigenvalue weighted by Crippen LogP contribution is -2.29. The number of rotatable bonds is 5. The summed E-state index contributed by atoms with van der Waals surface area (Å²) in [6.45, 7) is 4.32. The number of carbonyl (C=O) groups excluding carboxylic acids is 2. The second-order valence-electron chi connectivity index (χ2n) is 8.12. The van der Waals surface area contributed by atoms with Crippen LogP contribution in [-0.2, 0) is 0 Å². The molecule has 0 radical (unpaired) electrons. The van der Waals surface area contributed by atoms with Crippen molar-refractivity contribution in [3.63, 3.8) is 0 Å². The summed E-state index contributed by atoms with van der Waals surface area (Å²) in [5.74, 6) is 0.435. The Kier molecular flexibility index (Phi) is 4.69. The molecule has 0 saturated heterocycles. The first-order valence-electron chi connectivity index (χ1n) is 10.4. The van der Waals surface area contributed by atoms with Gasteiger partial charge in [0.15, 0.2) is 11.6 Å². The van der Waals surface area contributed by atoms with Gasteiger partial charge in [-0.1, -0.05) is 6.07 Å². The molecule has 3 aliphatic rings. The zero-order valence-corrected chi connectivity index (χ0v) is 17.4. The number of benzene rings is 1. The molecule has 2 N–H and O–H groups in total. The van der Waals surface area contributed by atoms with Crippen molar-refractivity contribution in [2.75, 3.05) is 11.9 Å². The Labute approximate surface area is 179 Å². The average molecular weight is 417 g/mol. The Morgan fingerprint density at radius 3 is 2.77 bits per heavy atom. The molecule has 3 heterocycles. The first-order chi connectivity index (χ1) is 15.0. The fraction of sp³-hybridized carbons (Fsp3) is 0.304. The smallest absolute Gasteiger partial charge is 0.251 e. The van der Waals surface area contributed by atoms with Crippen molar-refractivity contribution in [2.24, 2.45) is 16.0 Å². The first kappa shape index (κ1) is 19.3. The number of Topliss-reactive ketones (excluding diaryl/α,β-unsaturated/α-hetero) is 1. The molecule has 1 aliphatic carbocycles. The Hall–Kier alpha value is -3.68. The molecule has 8 heteroatoms. The molecular formula is C23H23N5O3. The van der Waals surface area contributed by atoms with Crippen LogP contribution in [-0.4, -0.2) is 41.5 Å². The van der Waals surface area contributed by atoms with Crippen molar-refractivity contribution in [3.8, 4) is 0 Å². The van der Waals surface area contributed by atoms with E-state index in [4.69, 9.17) is 4.42 Å². The van der Waals surface area contributed by atoms with E-state index in [9.17, 15) is 9.59 Å². The highest BCUT2D eigenvalue weighted by molar-refractivity contribution is 6.13. The van der Waals surface area contributed by atoms with Gasteiger partial charge in [-0.25, -0.2) is 4.99 Å². The summed E-state index contributed by atoms with van der Waals surface area (Å²) in [7, 11) is 0. The molecule has 0 spiro atoms. The number of ketones is 1. The maximum absolute atomic E-state index is 12.9. The van der Waals surface area contributed by atoms with Gasteiger partial charge >= 0.3 is 0 Å². The third kappa shape index (κ3) is 3.65. The quantitative estimate of drug-likeness (QED) is 0.727. The number of furan rings is 1. The maximum atomic E-state index is 12.9. The van der Waals surface area contributed by atoms with Crippen LogP contribution in [0.15, 0.2) is 62.4 Å². The van der Waals surface area contributed by atoms with E-state index in [-0.39, 0.29) is 17.6 Å². The Bertz CT molecular complexity index is 1140. The summed E-state index contributed by atoms with van der Waals surface area (Å²) in [5.41, 5.74) is 4.03. The summed E-state index contributed by atoms with van der Waals surface area (Å²) in [4.78, 5) is 29.8. The Balaban J connectivity index is 1.41. The molecule has 5 rings (SSSR count). The molecule has 158 valence electrons. The summed E-state index contributed by atoms with van der Waals surface area (Å²) in [6.07, 6.45) is 5.05. The van der Waals surface area contributed by atoms with Gasteiger partial charge in [0, 0.05) is 17.3 Å². The predicted molar refractivity (Wildman–Crippen MR) is 117 cm³/mol. The van der Waals surface area contributed by atoms with Crippen LogP contribution in [0.1, 0.15) is 46.2 Å². The molecule has 1 saturated carbocycles. The fourth-order valence-electron chi connectivity index (χ4n) is 3.87. The molecule has 1 fully saturated rings. The van der Waals surface area contributed by atoms with Crippen molar-refractivity contribution >= 4 is 29.6 Å². The van der Waals surface area contributed by atoms with Crippen LogP contribution in [0.4, 0.5) is 5.69 Å². The highest BCUT2D eigenvalue weighted by Crippen LogP contribution is 2.33. The number of aliphatic imine (C=N–C) groups is 1. The number of aryl methyl sites for hydroxylation is 1. The van der Waals surface area contributed by atoms with Gasteiger partial charge in [0.2, 0.25) is 5.78 Å². The largest absolute Gasteiger partial charge is 0.461 e. The van der Waals surface area contributed by atoms with E-state index < -0.39 is 0 Å². The van der Waals surface area contributed by atoms with Gasteiger partial charge in [0.1, 0.15) is 12.0 Å². The van der Waals surface area contributed by atoms with E-state index in [0.717, 1.165) is 35.4 Å². The highest BCUT2D eigenvalue weighted by Gasteiger charge is 2.38. The number of amides is 1. The summed E-state index contributed by atoms with van der Waals surface area (Å²) < 4.78 is 5.30. The zero-order chi connectivity index (χ0) is 21.5. The predicted octanol–water partition coefficient (Wildman–Crippen LogP) is 3.34. The van der Waals surface area contributed by atoms with Crippen LogP contribution >= 0.6 is 0 Å². The third-order valence-corrected chi connectivity index (χ3v) is 5.86. The number of carbonyl (C=O) groups is 2. The minimum atomic E-state index is -0.361. The lowest BCUT2D eigenvalue weighted by molar-refractivity contribution is 0.0904. The molecule has 2 aliphatic heterocycles. The number of hydrazone groups is 1. The van der Waals surface area contributed by atoms with E-state index >= 15 is 0 Å². The minimum Gasteiger partial charge on any atom is -0.461 e. The Morgan fingerprint density at radius 1 is 1.19 bits per heavy atom. The third-order valence-electron chi connectivity index (χ3n) is 5.86. The minimum absolute atomic E-state index is 0.0697. The van der Waals surface area contributed by atoms with Crippen molar-refractivity contribution in [2.45, 2.75) is 32.7 Å². The van der Waals surface area contributed by atoms with Gasteiger partial charge in [-0.05, 0) is 62.1 Å². The van der Waals surface area contributed by atoms with Gasteiger partial charge in [-0.3, -0.25) is 14.6 Å². The number of nitrogens with zero attached hydrogens (tertiary/aromatic N) is 3. The van der Waals surface area contributed by atoms with Crippen LogP contribution in [0.5, 0.6) is 0 Å². The van der Waals surface area contributed by atoms with Crippen molar-refractivity contribution < 1.29 is 14.0 Å². The molecular weight excluding hydrogens is 394 g/mol. The monoisotopic (exact) mass is 417 g/mol. The van der Waals surface area contributed by atoms with Gasteiger partial charge in [-0.15, -0.1) is 0 Å². The maximum Gasteiger partial charge on any atom is 0.251 e. The summed E-state index contributed by atoms with van der Waals surface area (Å²) >= 11 is 0. The van der Waals surface area contributed by atoms with Gasteiger partial charge in [-0.2, -0.15) is 5.10 Å². The molecule has 1 unspecified atom stereocenters. The molecule has 2 aromatic rings. The molecule has 1 aromatic heterocycles. The zero-order valence-electron chi connectivity index (χ0n) is 17.4. The average Bonchev–Trinajstić information content (AvgIpc) is 3.27. The first-order valence-corrected chi connectivity index (χ1v) is 10.4. The second kappa shape index (κ2) is 7.54. The SMILES string of the molecule is CC1=C2C(Nc3cc(C(=O)NC4CC4)ccc3C)=NC=NN2CC1C(=O)c1ccco1. The fourth-order valence-corrected chi connectivity index (χ4v) is 3.87. The molecule has 31 heavy (non-hydrogen) atoms. The standard InChI is InChI=1S/C23H23N5O3/c1-13-5-6-15(23(30)26-16-7-8-16)10-18(13)27-22-20-14(2)17(11-28(20)25-12-24-22)21(29)19-4-3-9-31-19/h3-6,9-10,12,16-17H,7-8,11H2,1-2H3,(H,26,30)(H,24,25,27). The number of nitrogens with one attached hydrogen (secondary N) is 2. The normalized spacial score (nSPS) is 19.9. The lowest BCUT2D eigenvalue weighted by Gasteiger charge is -2.22. The Morgan fingerprint density at radius 2 is 2.03 bits per heavy atom. The van der Waals surface area contributed by atoms with E-state index in [1.165, 1.54) is 12.6 Å². The number of anilines is 1. The van der Waals surface area contributed by atoms with Crippen molar-refractivity contribution in [3.05, 3.63) is 64.8 Å². The summed E-state index contributed by atoms with van der Waals surface area (Å²) in [5, 5.41) is 12.5. The molecule has 0 bridgehead atoms. The second-order valence-corrected chi connectivity index (χ2v) is 8.12. The number of hydrogen-bond donors (Lipinski definition) is 2. The van der Waals surface area contributed by atoms with Gasteiger partial charge < -0.3 is 15.1 Å². The van der Waals surface area contributed by atoms with Crippen molar-refractivity contribution in [1.29, 1.82) is 0 Å². The van der Waals surface area contributed by atoms with Crippen LogP contribution in [0.25, 0.3) is 0 Å². The van der Waals surface area contributed by atoms with Crippen LogP contribution in [0.2, 0.25) is 0 Å². The molecule has 1 aromatic carbocycles. The summed E-state index contributed by atoms with van der Waals surface area (Å²) in [6, 6.07) is 9.26. The van der Waals surface area contributed by atoms with E-state index in [1.54, 1.807) is 17.1 Å². The van der Waals surface area contributed by atoms with E-state index in [2.05, 4.69) is 20.7 Å². The topological polar surface area (TPSA) is 99.3 Å². The van der Waals surface area contributed by atoms with Gasteiger partial charge in [0.05, 0.1) is 18.7 Å². The highest BCUT2D eigenvalue weighted by atomic mass is 16.3. The lowest BCUT2D eigenvalue weighted by atomic mass is 9.95. The van der Waals surface area contributed by atoms with Crippen LogP contribution in [0.3, 0.4) is 0 Å². The molecule has 1 atom stereocenters. The number of fused-ring (bicyclic) bond motifs is 1. The van der Waals surface area contributed by atoms with Crippen LogP contribution < -0.4 is 10.6 Å². The van der Waals surface area contributed by atoms with E-state index in [1.807, 2.05) is 32.0 Å². The van der Waals surface area contributed by atoms with Crippen LogP contribution in [0, 0.1) is 12.8 Å². The van der Waals surface area contributed by atoms with Crippen molar-refractivity contribution in [1.82, 2.24) is 10.3 Å². The van der Waals surface area contributed by atoms with Gasteiger partial charge in [0.25, 0.3) is 5.91 Å². The molecule has 8 nitrogen and oxygen atoms in total. The molecule has 1 amide bonds.